The van der Waals surface area contributed by atoms with Crippen molar-refractivity contribution in [1.29, 1.82) is 0 Å². The molecule has 162 valence electrons. The van der Waals surface area contributed by atoms with Crippen LogP contribution in [-0.4, -0.2) is 32.5 Å². The van der Waals surface area contributed by atoms with Crippen molar-refractivity contribution in [3.63, 3.8) is 0 Å². The smallest absolute Gasteiger partial charge is 0.240 e. The van der Waals surface area contributed by atoms with Crippen LogP contribution in [0.25, 0.3) is 0 Å². The van der Waals surface area contributed by atoms with Gasteiger partial charge in [0, 0.05) is 36.8 Å². The summed E-state index contributed by atoms with van der Waals surface area (Å²) in [7, 11) is -3.66. The second-order valence-corrected chi connectivity index (χ2v) is 10.5. The van der Waals surface area contributed by atoms with Crippen molar-refractivity contribution >= 4 is 21.6 Å². The van der Waals surface area contributed by atoms with Crippen LogP contribution < -0.4 is 14.9 Å². The van der Waals surface area contributed by atoms with Crippen LogP contribution in [0.4, 0.5) is 5.69 Å². The molecule has 6 nitrogen and oxygen atoms in total. The maximum Gasteiger partial charge on any atom is 0.240 e. The van der Waals surface area contributed by atoms with E-state index in [2.05, 4.69) is 17.0 Å². The molecular formula is C23H31N3O3S. The van der Waals surface area contributed by atoms with Gasteiger partial charge in [0.2, 0.25) is 15.9 Å². The summed E-state index contributed by atoms with van der Waals surface area (Å²) in [5.41, 5.74) is 2.39. The van der Waals surface area contributed by atoms with Gasteiger partial charge in [0.15, 0.2) is 0 Å². The van der Waals surface area contributed by atoms with Crippen LogP contribution in [0.3, 0.4) is 0 Å². The number of carbonyl (C=O) groups is 1. The summed E-state index contributed by atoms with van der Waals surface area (Å²) in [5.74, 6) is -0.0321. The van der Waals surface area contributed by atoms with Crippen LogP contribution in [0.15, 0.2) is 53.4 Å². The first kappa shape index (κ1) is 22.5. The Balaban J connectivity index is 1.70. The highest BCUT2D eigenvalue weighted by molar-refractivity contribution is 7.89. The molecule has 30 heavy (non-hydrogen) atoms. The number of carbonyl (C=O) groups excluding carboxylic acids is 1. The van der Waals surface area contributed by atoms with E-state index in [1.165, 1.54) is 6.92 Å². The predicted octanol–water partition coefficient (Wildman–Crippen LogP) is 3.39. The Labute approximate surface area is 179 Å². The van der Waals surface area contributed by atoms with Gasteiger partial charge in [0.25, 0.3) is 0 Å². The van der Waals surface area contributed by atoms with Gasteiger partial charge in [0.05, 0.1) is 4.90 Å². The minimum absolute atomic E-state index is 0.0321. The molecule has 0 saturated carbocycles. The summed E-state index contributed by atoms with van der Waals surface area (Å²) < 4.78 is 28.6. The van der Waals surface area contributed by atoms with E-state index in [1.54, 1.807) is 23.1 Å². The van der Waals surface area contributed by atoms with E-state index in [9.17, 15) is 13.2 Å². The zero-order valence-electron chi connectivity index (χ0n) is 18.3. The number of fused-ring (bicyclic) bond motifs is 1. The van der Waals surface area contributed by atoms with Crippen LogP contribution in [0, 0.1) is 0 Å². The molecule has 0 saturated heterocycles. The van der Waals surface area contributed by atoms with Gasteiger partial charge in [-0.25, -0.2) is 13.1 Å². The van der Waals surface area contributed by atoms with E-state index < -0.39 is 15.6 Å². The van der Waals surface area contributed by atoms with E-state index in [-0.39, 0.29) is 29.4 Å². The van der Waals surface area contributed by atoms with E-state index in [0.717, 1.165) is 16.8 Å². The molecule has 2 N–H and O–H groups in total. The second kappa shape index (κ2) is 8.49. The minimum Gasteiger partial charge on any atom is -0.309 e. The van der Waals surface area contributed by atoms with E-state index in [4.69, 9.17) is 0 Å². The van der Waals surface area contributed by atoms with E-state index >= 15 is 0 Å². The lowest BCUT2D eigenvalue weighted by Gasteiger charge is -2.30. The Morgan fingerprint density at radius 1 is 1.20 bits per heavy atom. The molecule has 0 aromatic heterocycles. The third kappa shape index (κ3) is 4.91. The van der Waals surface area contributed by atoms with Crippen molar-refractivity contribution in [2.45, 2.75) is 63.6 Å². The second-order valence-electron chi connectivity index (χ2n) is 8.72. The van der Waals surface area contributed by atoms with Gasteiger partial charge in [-0.3, -0.25) is 4.79 Å². The van der Waals surface area contributed by atoms with Crippen molar-refractivity contribution in [2.24, 2.45) is 0 Å². The monoisotopic (exact) mass is 429 g/mol. The fraction of sp³-hybridized carbons (Fsp3) is 0.435. The molecular weight excluding hydrogens is 398 g/mol. The van der Waals surface area contributed by atoms with Crippen molar-refractivity contribution in [2.75, 3.05) is 11.4 Å². The maximum atomic E-state index is 12.9. The maximum absolute atomic E-state index is 12.9. The first-order chi connectivity index (χ1) is 14.0. The molecule has 3 rings (SSSR count). The fourth-order valence-corrected chi connectivity index (χ4v) is 5.34. The zero-order chi connectivity index (χ0) is 22.1. The van der Waals surface area contributed by atoms with Gasteiger partial charge in [-0.15, -0.1) is 0 Å². The third-order valence-electron chi connectivity index (χ3n) is 5.53. The lowest BCUT2D eigenvalue weighted by atomic mass is 10.0. The van der Waals surface area contributed by atoms with Crippen LogP contribution >= 0.6 is 0 Å². The lowest BCUT2D eigenvalue weighted by molar-refractivity contribution is -0.116. The van der Waals surface area contributed by atoms with Crippen LogP contribution in [0.2, 0.25) is 0 Å². The van der Waals surface area contributed by atoms with Gasteiger partial charge in [-0.2, -0.15) is 0 Å². The fourth-order valence-electron chi connectivity index (χ4n) is 4.08. The summed E-state index contributed by atoms with van der Waals surface area (Å²) in [6.45, 7) is 9.76. The summed E-state index contributed by atoms with van der Waals surface area (Å²) in [4.78, 5) is 13.8. The predicted molar refractivity (Wildman–Crippen MR) is 120 cm³/mol. The van der Waals surface area contributed by atoms with Crippen molar-refractivity contribution in [3.8, 4) is 0 Å². The number of anilines is 1. The van der Waals surface area contributed by atoms with Crippen LogP contribution in [0.1, 0.15) is 51.8 Å². The van der Waals surface area contributed by atoms with Gasteiger partial charge >= 0.3 is 0 Å². The number of amides is 1. The van der Waals surface area contributed by atoms with Gasteiger partial charge < -0.3 is 10.2 Å². The lowest BCUT2D eigenvalue weighted by Crippen LogP contribution is -2.49. The first-order valence-corrected chi connectivity index (χ1v) is 11.7. The Morgan fingerprint density at radius 2 is 1.87 bits per heavy atom. The summed E-state index contributed by atoms with van der Waals surface area (Å²) in [6.07, 6.45) is 0.653. The Hall–Kier alpha value is -2.22. The molecule has 1 aliphatic rings. The van der Waals surface area contributed by atoms with Crippen LogP contribution in [-0.2, 0) is 21.2 Å². The average molecular weight is 430 g/mol. The molecule has 2 aromatic carbocycles. The molecule has 0 bridgehead atoms. The summed E-state index contributed by atoms with van der Waals surface area (Å²) in [5, 5.41) is 3.49. The normalized spacial score (nSPS) is 17.6. The number of nitrogens with one attached hydrogen (secondary N) is 2. The highest BCUT2D eigenvalue weighted by Gasteiger charge is 2.31. The molecule has 1 heterocycles. The largest absolute Gasteiger partial charge is 0.309 e. The number of benzene rings is 2. The average Bonchev–Trinajstić information content (AvgIpc) is 3.02. The van der Waals surface area contributed by atoms with Crippen molar-refractivity contribution < 1.29 is 13.2 Å². The SMILES string of the molecule is CC(=O)N1c2ccc(S(=O)(=O)NCC(C)(C)NC(C)c3ccccc3)cc2CC1C. The standard InChI is InChI=1S/C23H31N3O3S/c1-16-13-20-14-21(11-12-22(20)26(16)18(3)27)30(28,29)24-15-23(4,5)25-17(2)19-9-7-6-8-10-19/h6-12,14,16-17,24-25H,13,15H2,1-5H3. The minimum atomic E-state index is -3.66. The molecule has 2 atom stereocenters. The number of nitrogens with zero attached hydrogens (tertiary/aromatic N) is 1. The molecule has 0 radical (unpaired) electrons. The molecule has 0 spiro atoms. The Bertz CT molecular complexity index is 1020. The van der Waals surface area contributed by atoms with Gasteiger partial charge in [0.1, 0.15) is 0 Å². The summed E-state index contributed by atoms with van der Waals surface area (Å²) >= 11 is 0. The third-order valence-corrected chi connectivity index (χ3v) is 6.93. The highest BCUT2D eigenvalue weighted by Crippen LogP contribution is 2.33. The van der Waals surface area contributed by atoms with E-state index in [1.807, 2.05) is 51.1 Å². The van der Waals surface area contributed by atoms with Gasteiger partial charge in [-0.1, -0.05) is 30.3 Å². The topological polar surface area (TPSA) is 78.5 Å². The van der Waals surface area contributed by atoms with E-state index in [0.29, 0.717) is 6.42 Å². The molecule has 0 aliphatic carbocycles. The first-order valence-electron chi connectivity index (χ1n) is 10.3. The molecule has 0 fully saturated rings. The molecule has 2 unspecified atom stereocenters. The quantitative estimate of drug-likeness (QED) is 0.707. The number of hydrogen-bond donors (Lipinski definition) is 2. The Morgan fingerprint density at radius 3 is 2.50 bits per heavy atom. The number of sulfonamides is 1. The van der Waals surface area contributed by atoms with Crippen molar-refractivity contribution in [3.05, 3.63) is 59.7 Å². The number of rotatable bonds is 7. The molecule has 1 aliphatic heterocycles. The summed E-state index contributed by atoms with van der Waals surface area (Å²) in [6, 6.07) is 15.2. The van der Waals surface area contributed by atoms with Gasteiger partial charge in [-0.05, 0) is 63.4 Å². The number of hydrogen-bond acceptors (Lipinski definition) is 4. The molecule has 7 heteroatoms. The van der Waals surface area contributed by atoms with Crippen molar-refractivity contribution in [1.82, 2.24) is 10.0 Å². The molecule has 1 amide bonds. The Kier molecular flexibility index (Phi) is 6.36. The molecule has 2 aromatic rings. The highest BCUT2D eigenvalue weighted by atomic mass is 32.2. The van der Waals surface area contributed by atoms with Crippen LogP contribution in [0.5, 0.6) is 0 Å². The zero-order valence-corrected chi connectivity index (χ0v) is 19.1.